The molecule has 0 aliphatic carbocycles. The van der Waals surface area contributed by atoms with Crippen molar-refractivity contribution in [3.8, 4) is 0 Å². The van der Waals surface area contributed by atoms with Crippen LogP contribution >= 0.6 is 11.8 Å². The van der Waals surface area contributed by atoms with Crippen molar-refractivity contribution < 1.29 is 13.9 Å². The van der Waals surface area contributed by atoms with Crippen molar-refractivity contribution in [1.29, 1.82) is 0 Å². The average Bonchev–Trinajstić information content (AvgIpc) is 2.81. The van der Waals surface area contributed by atoms with E-state index in [-0.39, 0.29) is 12.0 Å². The highest BCUT2D eigenvalue weighted by Gasteiger charge is 2.15. The van der Waals surface area contributed by atoms with E-state index in [1.165, 1.54) is 7.11 Å². The zero-order valence-electron chi connectivity index (χ0n) is 9.56. The second kappa shape index (κ2) is 7.35. The van der Waals surface area contributed by atoms with Gasteiger partial charge in [0.25, 0.3) is 0 Å². The van der Waals surface area contributed by atoms with Crippen molar-refractivity contribution in [1.82, 2.24) is 5.32 Å². The molecule has 1 unspecified atom stereocenters. The van der Waals surface area contributed by atoms with Crippen molar-refractivity contribution in [2.45, 2.75) is 18.2 Å². The van der Waals surface area contributed by atoms with Gasteiger partial charge in [0.05, 0.1) is 19.1 Å². The number of hydrogen-bond donors (Lipinski definition) is 1. The van der Waals surface area contributed by atoms with Crippen molar-refractivity contribution in [3.63, 3.8) is 0 Å². The lowest BCUT2D eigenvalue weighted by atomic mass is 10.2. The van der Waals surface area contributed by atoms with Gasteiger partial charge in [0, 0.05) is 0 Å². The minimum Gasteiger partial charge on any atom is -0.468 e. The number of carbonyl (C=O) groups is 1. The summed E-state index contributed by atoms with van der Waals surface area (Å²) in [6, 6.07) is 3.61. The third-order valence-electron chi connectivity index (χ3n) is 2.21. The van der Waals surface area contributed by atoms with E-state index < -0.39 is 0 Å². The summed E-state index contributed by atoms with van der Waals surface area (Å²) in [6.45, 7) is 0. The molecule has 0 amide bonds. The Morgan fingerprint density at radius 3 is 3.06 bits per heavy atom. The number of furan rings is 1. The number of carbonyl (C=O) groups excluding carboxylic acids is 1. The Kier molecular flexibility index (Phi) is 6.03. The summed E-state index contributed by atoms with van der Waals surface area (Å²) in [5.41, 5.74) is 0. The molecule has 16 heavy (non-hydrogen) atoms. The molecule has 0 radical (unpaired) electrons. The van der Waals surface area contributed by atoms with Crippen molar-refractivity contribution >= 4 is 17.7 Å². The van der Waals surface area contributed by atoms with E-state index in [1.54, 1.807) is 25.1 Å². The summed E-state index contributed by atoms with van der Waals surface area (Å²) < 4.78 is 9.88. The maximum absolute atomic E-state index is 11.3. The number of nitrogens with one attached hydrogen (secondary N) is 1. The summed E-state index contributed by atoms with van der Waals surface area (Å²) in [7, 11) is 3.17. The standard InChI is InChI=1S/C11H17NO3S/c1-12-10(11(13)14-2)5-7-16-8-9-4-3-6-15-9/h3-4,6,10,12H,5,7-8H2,1-2H3. The van der Waals surface area contributed by atoms with Gasteiger partial charge in [-0.3, -0.25) is 4.79 Å². The minimum absolute atomic E-state index is 0.207. The number of rotatable bonds is 7. The largest absolute Gasteiger partial charge is 0.468 e. The first-order valence-electron chi connectivity index (χ1n) is 5.13. The number of methoxy groups -OCH3 is 1. The van der Waals surface area contributed by atoms with Crippen molar-refractivity contribution in [2.24, 2.45) is 0 Å². The maximum atomic E-state index is 11.3. The third-order valence-corrected chi connectivity index (χ3v) is 3.22. The number of thioether (sulfide) groups is 1. The molecule has 0 fully saturated rings. The molecule has 5 heteroatoms. The zero-order chi connectivity index (χ0) is 11.8. The van der Waals surface area contributed by atoms with Crippen LogP contribution in [0, 0.1) is 0 Å². The molecule has 1 atom stereocenters. The van der Waals surface area contributed by atoms with E-state index in [1.807, 2.05) is 12.1 Å². The Bertz CT molecular complexity index is 300. The van der Waals surface area contributed by atoms with Gasteiger partial charge in [-0.25, -0.2) is 0 Å². The average molecular weight is 243 g/mol. The molecule has 0 spiro atoms. The molecular weight excluding hydrogens is 226 g/mol. The molecule has 1 N–H and O–H groups in total. The van der Waals surface area contributed by atoms with Gasteiger partial charge in [0.1, 0.15) is 11.8 Å². The molecule has 1 heterocycles. The summed E-state index contributed by atoms with van der Waals surface area (Å²) in [5, 5.41) is 2.94. The van der Waals surface area contributed by atoms with Gasteiger partial charge in [0.2, 0.25) is 0 Å². The lowest BCUT2D eigenvalue weighted by molar-refractivity contribution is -0.143. The Balaban J connectivity index is 2.16. The van der Waals surface area contributed by atoms with Gasteiger partial charge >= 0.3 is 5.97 Å². The van der Waals surface area contributed by atoms with Crippen LogP contribution < -0.4 is 5.32 Å². The fraction of sp³-hybridized carbons (Fsp3) is 0.545. The van der Waals surface area contributed by atoms with Crippen LogP contribution in [0.25, 0.3) is 0 Å². The fourth-order valence-electron chi connectivity index (χ4n) is 1.29. The third kappa shape index (κ3) is 4.28. The second-order valence-corrected chi connectivity index (χ2v) is 4.39. The Morgan fingerprint density at radius 2 is 2.50 bits per heavy atom. The first-order chi connectivity index (χ1) is 7.77. The van der Waals surface area contributed by atoms with Crippen LogP contribution in [0.4, 0.5) is 0 Å². The summed E-state index contributed by atoms with van der Waals surface area (Å²) in [5.74, 6) is 2.48. The molecule has 4 nitrogen and oxygen atoms in total. The molecule has 0 aliphatic heterocycles. The van der Waals surface area contributed by atoms with Crippen LogP contribution in [-0.2, 0) is 15.3 Å². The molecule has 0 aromatic carbocycles. The number of ether oxygens (including phenoxy) is 1. The fourth-order valence-corrected chi connectivity index (χ4v) is 2.20. The van der Waals surface area contributed by atoms with Crippen LogP contribution in [-0.4, -0.2) is 31.9 Å². The highest BCUT2D eigenvalue weighted by molar-refractivity contribution is 7.98. The predicted molar refractivity (Wildman–Crippen MR) is 64.4 cm³/mol. The number of likely N-dealkylation sites (N-methyl/N-ethyl adjacent to an activating group) is 1. The quantitative estimate of drug-likeness (QED) is 0.583. The van der Waals surface area contributed by atoms with Crippen LogP contribution in [0.3, 0.4) is 0 Å². The van der Waals surface area contributed by atoms with E-state index in [0.717, 1.165) is 23.7 Å². The van der Waals surface area contributed by atoms with Gasteiger partial charge in [-0.15, -0.1) is 0 Å². The van der Waals surface area contributed by atoms with E-state index >= 15 is 0 Å². The molecule has 0 bridgehead atoms. The van der Waals surface area contributed by atoms with Crippen molar-refractivity contribution in [3.05, 3.63) is 24.2 Å². The predicted octanol–water partition coefficient (Wildman–Crippen LogP) is 1.66. The van der Waals surface area contributed by atoms with Gasteiger partial charge in [-0.05, 0) is 31.4 Å². The van der Waals surface area contributed by atoms with E-state index in [0.29, 0.717) is 0 Å². The van der Waals surface area contributed by atoms with E-state index in [9.17, 15) is 4.79 Å². The lowest BCUT2D eigenvalue weighted by Crippen LogP contribution is -2.35. The van der Waals surface area contributed by atoms with Gasteiger partial charge < -0.3 is 14.5 Å². The monoisotopic (exact) mass is 243 g/mol. The summed E-state index contributed by atoms with van der Waals surface area (Å²) >= 11 is 1.74. The molecule has 0 aliphatic rings. The first kappa shape index (κ1) is 13.1. The van der Waals surface area contributed by atoms with Crippen LogP contribution in [0.2, 0.25) is 0 Å². The molecule has 1 rings (SSSR count). The first-order valence-corrected chi connectivity index (χ1v) is 6.28. The molecule has 90 valence electrons. The zero-order valence-corrected chi connectivity index (χ0v) is 10.4. The molecule has 0 saturated heterocycles. The molecule has 1 aromatic rings. The van der Waals surface area contributed by atoms with Gasteiger partial charge in [0.15, 0.2) is 0 Å². The van der Waals surface area contributed by atoms with E-state index in [4.69, 9.17) is 4.42 Å². The van der Waals surface area contributed by atoms with Gasteiger partial charge in [-0.1, -0.05) is 0 Å². The van der Waals surface area contributed by atoms with Crippen LogP contribution in [0.5, 0.6) is 0 Å². The smallest absolute Gasteiger partial charge is 0.322 e. The summed E-state index contributed by atoms with van der Waals surface area (Å²) in [6.07, 6.45) is 2.43. The lowest BCUT2D eigenvalue weighted by Gasteiger charge is -2.12. The second-order valence-electron chi connectivity index (χ2n) is 3.29. The highest BCUT2D eigenvalue weighted by Crippen LogP contribution is 2.14. The molecule has 0 saturated carbocycles. The normalized spacial score (nSPS) is 12.4. The van der Waals surface area contributed by atoms with Gasteiger partial charge in [-0.2, -0.15) is 11.8 Å². The molecular formula is C11H17NO3S. The van der Waals surface area contributed by atoms with Crippen molar-refractivity contribution in [2.75, 3.05) is 19.9 Å². The summed E-state index contributed by atoms with van der Waals surface area (Å²) in [4.78, 5) is 11.3. The minimum atomic E-state index is -0.214. The SMILES string of the molecule is CNC(CCSCc1ccco1)C(=O)OC. The van der Waals surface area contributed by atoms with E-state index in [2.05, 4.69) is 10.1 Å². The van der Waals surface area contributed by atoms with Crippen LogP contribution in [0.15, 0.2) is 22.8 Å². The Labute approximate surface area is 99.7 Å². The topological polar surface area (TPSA) is 51.5 Å². The highest BCUT2D eigenvalue weighted by atomic mass is 32.2. The maximum Gasteiger partial charge on any atom is 0.322 e. The number of esters is 1. The number of hydrogen-bond acceptors (Lipinski definition) is 5. The molecule has 1 aromatic heterocycles. The Hall–Kier alpha value is -0.940. The Morgan fingerprint density at radius 1 is 1.69 bits per heavy atom. The van der Waals surface area contributed by atoms with Crippen LogP contribution in [0.1, 0.15) is 12.2 Å².